The van der Waals surface area contributed by atoms with Gasteiger partial charge in [0.25, 0.3) is 15.9 Å². The topological polar surface area (TPSA) is 84.9 Å². The predicted molar refractivity (Wildman–Crippen MR) is 139 cm³/mol. The minimum absolute atomic E-state index is 0.136. The molecule has 1 heterocycles. The maximum Gasteiger partial charge on any atom is 0.264 e. The van der Waals surface area contributed by atoms with Gasteiger partial charge in [0.05, 0.1) is 23.7 Å². The van der Waals surface area contributed by atoms with Crippen LogP contribution in [0.15, 0.2) is 95.9 Å². The maximum absolute atomic E-state index is 13.4. The second-order valence-electron chi connectivity index (χ2n) is 8.54. The number of ether oxygens (including phenoxy) is 2. The van der Waals surface area contributed by atoms with E-state index in [4.69, 9.17) is 9.47 Å². The number of hydrogen-bond acceptors (Lipinski definition) is 5. The summed E-state index contributed by atoms with van der Waals surface area (Å²) < 4.78 is 40.0. The number of nitrogens with one attached hydrogen (secondary N) is 1. The molecule has 7 nitrogen and oxygen atoms in total. The van der Waals surface area contributed by atoms with Crippen molar-refractivity contribution in [3.8, 4) is 11.5 Å². The van der Waals surface area contributed by atoms with Crippen molar-refractivity contribution >= 4 is 32.4 Å². The van der Waals surface area contributed by atoms with Gasteiger partial charge in [0.15, 0.2) is 6.10 Å². The van der Waals surface area contributed by atoms with Gasteiger partial charge in [-0.05, 0) is 48.2 Å². The first-order chi connectivity index (χ1) is 17.4. The number of aryl methyl sites for hydroxylation is 1. The summed E-state index contributed by atoms with van der Waals surface area (Å²) in [5, 5.41) is 4.89. The highest BCUT2D eigenvalue weighted by molar-refractivity contribution is 7.92. The van der Waals surface area contributed by atoms with Gasteiger partial charge in [-0.15, -0.1) is 0 Å². The van der Waals surface area contributed by atoms with Gasteiger partial charge in [-0.2, -0.15) is 0 Å². The zero-order valence-electron chi connectivity index (χ0n) is 19.8. The summed E-state index contributed by atoms with van der Waals surface area (Å²) in [6.07, 6.45) is -1.00. The van der Waals surface area contributed by atoms with Crippen molar-refractivity contribution in [1.82, 2.24) is 5.32 Å². The highest BCUT2D eigenvalue weighted by Crippen LogP contribution is 2.37. The fourth-order valence-corrected chi connectivity index (χ4v) is 5.71. The minimum atomic E-state index is -3.89. The van der Waals surface area contributed by atoms with Crippen LogP contribution in [0.2, 0.25) is 0 Å². The first-order valence-electron chi connectivity index (χ1n) is 11.7. The quantitative estimate of drug-likeness (QED) is 0.381. The fourth-order valence-electron chi connectivity index (χ4n) is 4.22. The molecule has 1 amide bonds. The van der Waals surface area contributed by atoms with Crippen molar-refractivity contribution in [2.24, 2.45) is 0 Å². The minimum Gasteiger partial charge on any atom is -0.491 e. The van der Waals surface area contributed by atoms with E-state index >= 15 is 0 Å². The normalized spacial score (nSPS) is 15.1. The maximum atomic E-state index is 13.4. The molecule has 0 fully saturated rings. The summed E-state index contributed by atoms with van der Waals surface area (Å²) in [7, 11) is -3.89. The lowest BCUT2D eigenvalue weighted by Gasteiger charge is -2.35. The SMILES string of the molecule is Cc1ccc2c(c1)O[C@H](C(=O)NCCOc1cccc3ccccc13)CN2S(=O)(=O)c1ccccc1. The van der Waals surface area contributed by atoms with Crippen LogP contribution in [0.1, 0.15) is 5.56 Å². The summed E-state index contributed by atoms with van der Waals surface area (Å²) in [5.74, 6) is 0.686. The second kappa shape index (κ2) is 9.91. The number of nitrogens with zero attached hydrogens (tertiary/aromatic N) is 1. The van der Waals surface area contributed by atoms with Crippen molar-refractivity contribution in [1.29, 1.82) is 0 Å². The Balaban J connectivity index is 1.29. The first kappa shape index (κ1) is 23.7. The molecule has 184 valence electrons. The van der Waals surface area contributed by atoms with E-state index in [0.717, 1.165) is 22.1 Å². The first-order valence-corrected chi connectivity index (χ1v) is 13.1. The zero-order chi connectivity index (χ0) is 25.1. The number of rotatable bonds is 7. The molecule has 4 aromatic rings. The summed E-state index contributed by atoms with van der Waals surface area (Å²) in [4.78, 5) is 13.2. The lowest BCUT2D eigenvalue weighted by molar-refractivity contribution is -0.127. The van der Waals surface area contributed by atoms with Crippen LogP contribution in [-0.2, 0) is 14.8 Å². The summed E-state index contributed by atoms with van der Waals surface area (Å²) in [6.45, 7) is 2.25. The van der Waals surface area contributed by atoms with Gasteiger partial charge < -0.3 is 14.8 Å². The Kier molecular flexibility index (Phi) is 6.52. The molecule has 36 heavy (non-hydrogen) atoms. The second-order valence-corrected chi connectivity index (χ2v) is 10.4. The summed E-state index contributed by atoms with van der Waals surface area (Å²) in [5.41, 5.74) is 1.31. The number of carbonyl (C=O) groups excluding carboxylic acids is 1. The molecule has 0 unspecified atom stereocenters. The molecule has 0 aliphatic carbocycles. The summed E-state index contributed by atoms with van der Waals surface area (Å²) >= 11 is 0. The molecular formula is C28H26N2O5S. The average Bonchev–Trinajstić information content (AvgIpc) is 2.90. The molecule has 1 aliphatic rings. The van der Waals surface area contributed by atoms with Gasteiger partial charge in [-0.1, -0.05) is 60.7 Å². The Labute approximate surface area is 210 Å². The molecule has 0 radical (unpaired) electrons. The van der Waals surface area contributed by atoms with Crippen LogP contribution in [0.25, 0.3) is 10.8 Å². The van der Waals surface area contributed by atoms with Crippen LogP contribution in [0.3, 0.4) is 0 Å². The smallest absolute Gasteiger partial charge is 0.264 e. The van der Waals surface area contributed by atoms with Crippen molar-refractivity contribution in [2.75, 3.05) is 24.0 Å². The Morgan fingerprint density at radius 1 is 1.00 bits per heavy atom. The number of amides is 1. The highest BCUT2D eigenvalue weighted by atomic mass is 32.2. The Bertz CT molecular complexity index is 1500. The van der Waals surface area contributed by atoms with Gasteiger partial charge >= 0.3 is 0 Å². The predicted octanol–water partition coefficient (Wildman–Crippen LogP) is 4.30. The number of anilines is 1. The third-order valence-corrected chi connectivity index (χ3v) is 7.81. The van der Waals surface area contributed by atoms with Crippen LogP contribution < -0.4 is 19.1 Å². The van der Waals surface area contributed by atoms with Gasteiger partial charge in [-0.25, -0.2) is 8.42 Å². The van der Waals surface area contributed by atoms with E-state index in [9.17, 15) is 13.2 Å². The van der Waals surface area contributed by atoms with Crippen molar-refractivity contribution in [3.05, 3.63) is 96.6 Å². The molecule has 0 spiro atoms. The molecule has 1 aliphatic heterocycles. The third-order valence-electron chi connectivity index (χ3n) is 6.02. The molecule has 5 rings (SSSR count). The van der Waals surface area contributed by atoms with Gasteiger partial charge in [-0.3, -0.25) is 9.10 Å². The van der Waals surface area contributed by atoms with Crippen molar-refractivity contribution < 1.29 is 22.7 Å². The van der Waals surface area contributed by atoms with E-state index in [0.29, 0.717) is 11.4 Å². The van der Waals surface area contributed by atoms with E-state index in [1.54, 1.807) is 42.5 Å². The third kappa shape index (κ3) is 4.72. The van der Waals surface area contributed by atoms with E-state index in [1.165, 1.54) is 4.31 Å². The molecule has 0 bridgehead atoms. The lowest BCUT2D eigenvalue weighted by atomic mass is 10.1. The molecule has 0 aromatic heterocycles. The molecule has 0 saturated heterocycles. The number of benzene rings is 4. The van der Waals surface area contributed by atoms with Crippen LogP contribution in [0.5, 0.6) is 11.5 Å². The van der Waals surface area contributed by atoms with E-state index < -0.39 is 22.0 Å². The number of hydrogen-bond donors (Lipinski definition) is 1. The van der Waals surface area contributed by atoms with Crippen LogP contribution in [0.4, 0.5) is 5.69 Å². The molecule has 1 N–H and O–H groups in total. The van der Waals surface area contributed by atoms with Gasteiger partial charge in [0, 0.05) is 5.39 Å². The number of sulfonamides is 1. The van der Waals surface area contributed by atoms with Crippen LogP contribution in [-0.4, -0.2) is 40.1 Å². The lowest BCUT2D eigenvalue weighted by Crippen LogP contribution is -2.51. The van der Waals surface area contributed by atoms with Crippen LogP contribution in [0, 0.1) is 6.92 Å². The average molecular weight is 503 g/mol. The molecule has 8 heteroatoms. The molecule has 0 saturated carbocycles. The Morgan fingerprint density at radius 3 is 2.58 bits per heavy atom. The highest BCUT2D eigenvalue weighted by Gasteiger charge is 2.37. The molecular weight excluding hydrogens is 476 g/mol. The Hall–Kier alpha value is -4.04. The van der Waals surface area contributed by atoms with Crippen molar-refractivity contribution in [2.45, 2.75) is 17.9 Å². The number of fused-ring (bicyclic) bond motifs is 2. The zero-order valence-corrected chi connectivity index (χ0v) is 20.6. The van der Waals surface area contributed by atoms with Crippen LogP contribution >= 0.6 is 0 Å². The monoisotopic (exact) mass is 502 g/mol. The number of carbonyl (C=O) groups is 1. The van der Waals surface area contributed by atoms with Crippen molar-refractivity contribution in [3.63, 3.8) is 0 Å². The molecule has 4 aromatic carbocycles. The van der Waals surface area contributed by atoms with E-state index in [-0.39, 0.29) is 24.6 Å². The Morgan fingerprint density at radius 2 is 1.75 bits per heavy atom. The van der Waals surface area contributed by atoms with Gasteiger partial charge in [0.2, 0.25) is 0 Å². The van der Waals surface area contributed by atoms with E-state index in [2.05, 4.69) is 5.32 Å². The van der Waals surface area contributed by atoms with Gasteiger partial charge in [0.1, 0.15) is 18.1 Å². The molecule has 1 atom stereocenters. The largest absolute Gasteiger partial charge is 0.491 e. The van der Waals surface area contributed by atoms with E-state index in [1.807, 2.05) is 55.5 Å². The summed E-state index contributed by atoms with van der Waals surface area (Å²) in [6, 6.07) is 27.2. The standard InChI is InChI=1S/C28H26N2O5S/c1-20-14-15-24-26(18-20)35-27(19-30(24)36(32,33)22-10-3-2-4-11-22)28(31)29-16-17-34-25-13-7-9-21-8-5-6-12-23(21)25/h2-15,18,27H,16-17,19H2,1H3,(H,29,31)/t27-/m0/s1. The fraction of sp³-hybridized carbons (Fsp3) is 0.179.